The van der Waals surface area contributed by atoms with Gasteiger partial charge >= 0.3 is 5.97 Å². The van der Waals surface area contributed by atoms with Crippen molar-refractivity contribution in [3.63, 3.8) is 0 Å². The number of allylic oxidation sites excluding steroid dienone is 1. The Morgan fingerprint density at radius 2 is 1.58 bits per heavy atom. The molecule has 2 fully saturated rings. The van der Waals surface area contributed by atoms with E-state index in [4.69, 9.17) is 10.4 Å². The summed E-state index contributed by atoms with van der Waals surface area (Å²) < 4.78 is 0. The molecule has 2 aliphatic rings. The quantitative estimate of drug-likeness (QED) is 0.695. The highest BCUT2D eigenvalue weighted by molar-refractivity contribution is 5.79. The molecule has 0 spiro atoms. The fourth-order valence-electron chi connectivity index (χ4n) is 5.01. The number of rotatable bonds is 5. The fourth-order valence-corrected chi connectivity index (χ4v) is 5.01. The summed E-state index contributed by atoms with van der Waals surface area (Å²) in [5, 5.41) is 17.6. The van der Waals surface area contributed by atoms with E-state index in [1.165, 1.54) is 63.0 Å². The maximum atomic E-state index is 10.6. The number of nitrogens with zero attached hydrogens (tertiary/aromatic N) is 1. The highest BCUT2D eigenvalue weighted by Gasteiger charge is 2.31. The number of carboxylic acid groups (broad SMARTS) is 1. The maximum Gasteiger partial charge on any atom is 0.327 e. The van der Waals surface area contributed by atoms with Gasteiger partial charge in [-0.2, -0.15) is 5.26 Å². The Kier molecular flexibility index (Phi) is 6.50. The Morgan fingerprint density at radius 3 is 2.12 bits per heavy atom. The largest absolute Gasteiger partial charge is 0.478 e. The van der Waals surface area contributed by atoms with Crippen molar-refractivity contribution in [2.45, 2.75) is 63.7 Å². The van der Waals surface area contributed by atoms with Crippen LogP contribution in [0.4, 0.5) is 0 Å². The van der Waals surface area contributed by atoms with Crippen molar-refractivity contribution in [3.05, 3.63) is 47.5 Å². The van der Waals surface area contributed by atoms with Crippen LogP contribution in [0.5, 0.6) is 0 Å². The molecule has 1 N–H and O–H groups in total. The molecule has 0 saturated heterocycles. The van der Waals surface area contributed by atoms with Crippen molar-refractivity contribution in [2.75, 3.05) is 0 Å². The van der Waals surface area contributed by atoms with Gasteiger partial charge in [0.05, 0.1) is 11.6 Å². The molecule has 3 nitrogen and oxygen atoms in total. The van der Waals surface area contributed by atoms with E-state index < -0.39 is 5.97 Å². The molecule has 1 aromatic rings. The SMILES string of the molecule is N#Cc1ccc([C@H]2CC[C@H]([C@H]3CC[C@H](C/C=C/C(=O)O)CC3)CC2)cc1. The zero-order valence-electron chi connectivity index (χ0n) is 15.4. The minimum atomic E-state index is -0.835. The van der Waals surface area contributed by atoms with E-state index >= 15 is 0 Å². The van der Waals surface area contributed by atoms with Gasteiger partial charge in [0.1, 0.15) is 0 Å². The van der Waals surface area contributed by atoms with Gasteiger partial charge in [-0.15, -0.1) is 0 Å². The smallest absolute Gasteiger partial charge is 0.327 e. The molecule has 0 heterocycles. The summed E-state index contributed by atoms with van der Waals surface area (Å²) in [5.74, 6) is 2.25. The molecule has 3 rings (SSSR count). The van der Waals surface area contributed by atoms with E-state index in [0.717, 1.165) is 23.8 Å². The van der Waals surface area contributed by atoms with Crippen molar-refractivity contribution in [2.24, 2.45) is 17.8 Å². The lowest BCUT2D eigenvalue weighted by Crippen LogP contribution is -2.25. The zero-order valence-corrected chi connectivity index (χ0v) is 15.4. The Hall–Kier alpha value is -2.08. The fraction of sp³-hybridized carbons (Fsp3) is 0.565. The highest BCUT2D eigenvalue weighted by atomic mass is 16.4. The molecule has 26 heavy (non-hydrogen) atoms. The predicted molar refractivity (Wildman–Crippen MR) is 103 cm³/mol. The van der Waals surface area contributed by atoms with Crippen molar-refractivity contribution < 1.29 is 9.90 Å². The summed E-state index contributed by atoms with van der Waals surface area (Å²) in [6.07, 6.45) is 14.4. The van der Waals surface area contributed by atoms with Gasteiger partial charge in [-0.25, -0.2) is 4.79 Å². The summed E-state index contributed by atoms with van der Waals surface area (Å²) in [6, 6.07) is 10.4. The van der Waals surface area contributed by atoms with Gasteiger partial charge in [0.15, 0.2) is 0 Å². The summed E-state index contributed by atoms with van der Waals surface area (Å²) in [6.45, 7) is 0. The average molecular weight is 351 g/mol. The molecule has 0 aromatic heterocycles. The lowest BCUT2D eigenvalue weighted by Gasteiger charge is -2.38. The molecular formula is C23H29NO2. The predicted octanol–water partition coefficient (Wildman–Crippen LogP) is 5.67. The van der Waals surface area contributed by atoms with E-state index in [-0.39, 0.29) is 0 Å². The van der Waals surface area contributed by atoms with Crippen molar-refractivity contribution >= 4 is 5.97 Å². The summed E-state index contributed by atoms with van der Waals surface area (Å²) >= 11 is 0. The van der Waals surface area contributed by atoms with E-state index in [9.17, 15) is 4.79 Å². The second-order valence-corrected chi connectivity index (χ2v) is 8.10. The molecule has 1 aromatic carbocycles. The van der Waals surface area contributed by atoms with Gasteiger partial charge in [0.2, 0.25) is 0 Å². The third-order valence-electron chi connectivity index (χ3n) is 6.57. The van der Waals surface area contributed by atoms with Gasteiger partial charge in [-0.3, -0.25) is 0 Å². The Balaban J connectivity index is 1.43. The molecule has 138 valence electrons. The van der Waals surface area contributed by atoms with Crippen LogP contribution in [0, 0.1) is 29.1 Å². The maximum absolute atomic E-state index is 10.6. The van der Waals surface area contributed by atoms with Crippen LogP contribution in [0.15, 0.2) is 36.4 Å². The van der Waals surface area contributed by atoms with Crippen molar-refractivity contribution in [1.29, 1.82) is 5.26 Å². The number of nitriles is 1. The first kappa shape index (κ1) is 18.7. The van der Waals surface area contributed by atoms with E-state index in [2.05, 4.69) is 18.2 Å². The first-order valence-electron chi connectivity index (χ1n) is 10.0. The minimum absolute atomic E-state index is 0.663. The summed E-state index contributed by atoms with van der Waals surface area (Å²) in [4.78, 5) is 10.6. The number of benzene rings is 1. The lowest BCUT2D eigenvalue weighted by atomic mass is 9.68. The first-order chi connectivity index (χ1) is 12.7. The number of carbonyl (C=O) groups is 1. The van der Waals surface area contributed by atoms with Crippen LogP contribution in [0.3, 0.4) is 0 Å². The van der Waals surface area contributed by atoms with Gasteiger partial charge in [-0.05, 0) is 99.2 Å². The van der Waals surface area contributed by atoms with Gasteiger partial charge in [-0.1, -0.05) is 18.2 Å². The van der Waals surface area contributed by atoms with E-state index in [0.29, 0.717) is 11.8 Å². The Bertz CT molecular complexity index is 654. The topological polar surface area (TPSA) is 61.1 Å². The number of hydrogen-bond donors (Lipinski definition) is 1. The molecule has 3 heteroatoms. The van der Waals surface area contributed by atoms with E-state index in [1.54, 1.807) is 0 Å². The van der Waals surface area contributed by atoms with Crippen LogP contribution < -0.4 is 0 Å². The molecule has 2 saturated carbocycles. The molecular weight excluding hydrogens is 322 g/mol. The van der Waals surface area contributed by atoms with Gasteiger partial charge in [0, 0.05) is 6.08 Å². The Morgan fingerprint density at radius 1 is 1.00 bits per heavy atom. The molecule has 0 bridgehead atoms. The van der Waals surface area contributed by atoms with Crippen molar-refractivity contribution in [3.8, 4) is 6.07 Å². The molecule has 2 aliphatic carbocycles. The number of carboxylic acids is 1. The summed E-state index contributed by atoms with van der Waals surface area (Å²) in [7, 11) is 0. The second-order valence-electron chi connectivity index (χ2n) is 8.10. The van der Waals surface area contributed by atoms with Crippen LogP contribution >= 0.6 is 0 Å². The van der Waals surface area contributed by atoms with E-state index in [1.807, 2.05) is 18.2 Å². The molecule has 0 radical (unpaired) electrons. The number of hydrogen-bond acceptors (Lipinski definition) is 2. The van der Waals surface area contributed by atoms with Crippen LogP contribution in [0.25, 0.3) is 0 Å². The van der Waals surface area contributed by atoms with Gasteiger partial charge in [0.25, 0.3) is 0 Å². The number of aliphatic carboxylic acids is 1. The third kappa shape index (κ3) is 4.97. The second kappa shape index (κ2) is 9.03. The minimum Gasteiger partial charge on any atom is -0.478 e. The van der Waals surface area contributed by atoms with Crippen LogP contribution in [-0.4, -0.2) is 11.1 Å². The Labute approximate surface area is 156 Å². The summed E-state index contributed by atoms with van der Waals surface area (Å²) in [5.41, 5.74) is 2.15. The zero-order chi connectivity index (χ0) is 18.4. The molecule has 0 aliphatic heterocycles. The average Bonchev–Trinajstić information content (AvgIpc) is 2.68. The molecule has 0 unspecified atom stereocenters. The lowest BCUT2D eigenvalue weighted by molar-refractivity contribution is -0.131. The third-order valence-corrected chi connectivity index (χ3v) is 6.57. The van der Waals surface area contributed by atoms with Crippen LogP contribution in [-0.2, 0) is 4.79 Å². The highest BCUT2D eigenvalue weighted by Crippen LogP contribution is 2.44. The standard InChI is InChI=1S/C23H29NO2/c24-16-18-6-10-20(11-7-18)22-14-12-21(13-15-22)19-8-4-17(5-9-19)2-1-3-23(25)26/h1,3,6-7,10-11,17,19,21-22H,2,4-5,8-9,12-15H2,(H,25,26)/b3-1+/t17-,19-,21-,22-. The monoisotopic (exact) mass is 351 g/mol. The van der Waals surface area contributed by atoms with Crippen molar-refractivity contribution in [1.82, 2.24) is 0 Å². The molecule has 0 atom stereocenters. The van der Waals surface area contributed by atoms with Crippen LogP contribution in [0.1, 0.15) is 74.8 Å². The normalized spacial score (nSPS) is 29.3. The van der Waals surface area contributed by atoms with Crippen LogP contribution in [0.2, 0.25) is 0 Å². The first-order valence-corrected chi connectivity index (χ1v) is 10.0. The van der Waals surface area contributed by atoms with Gasteiger partial charge < -0.3 is 5.11 Å². The molecule has 0 amide bonds.